The fraction of sp³-hybridized carbons (Fsp3) is 0.700. The zero-order valence-corrected chi connectivity index (χ0v) is 33.0. The molecule has 0 bridgehead atoms. The molecule has 50 heavy (non-hydrogen) atoms. The SMILES string of the molecule is CC/C=C\C/C=C\C/C=C\C/C=C\CCCCC(=O)OC[C@H](COP(=O)([O-])OCC[N+](C)(C)C)OC(=O)CCCCCCC/C=C\CCCC. The van der Waals surface area contributed by atoms with Crippen LogP contribution in [0.2, 0.25) is 0 Å². The molecule has 0 rings (SSSR count). The minimum absolute atomic E-state index is 0.0419. The number of nitrogens with zero attached hydrogens (tertiary/aromatic N) is 1. The molecule has 0 aliphatic rings. The standard InChI is InChI=1S/C40H70NO8P/c1-6-8-10-12-14-16-18-19-20-21-23-24-26-28-30-32-39(42)46-36-38(37-48-50(44,45)47-35-34-41(3,4)5)49-40(43)33-31-29-27-25-22-17-15-13-11-9-7-2/h8,10,13-16,19-20,23-24,38H,6-7,9,11-12,17-18,21-22,25-37H2,1-5H3/b10-8-,15-13-,16-14-,20-19-,24-23-/t38-/m1/s1. The molecule has 0 saturated carbocycles. The van der Waals surface area contributed by atoms with Gasteiger partial charge in [-0.2, -0.15) is 0 Å². The van der Waals surface area contributed by atoms with Gasteiger partial charge in [-0.15, -0.1) is 0 Å². The van der Waals surface area contributed by atoms with Crippen molar-refractivity contribution in [1.82, 2.24) is 0 Å². The Labute approximate surface area is 305 Å². The fourth-order valence-corrected chi connectivity index (χ4v) is 5.23. The van der Waals surface area contributed by atoms with Crippen molar-refractivity contribution in [1.29, 1.82) is 0 Å². The Bertz CT molecular complexity index is 1040. The average Bonchev–Trinajstić information content (AvgIpc) is 3.06. The van der Waals surface area contributed by atoms with Crippen molar-refractivity contribution in [3.63, 3.8) is 0 Å². The van der Waals surface area contributed by atoms with Crippen molar-refractivity contribution in [2.45, 2.75) is 136 Å². The van der Waals surface area contributed by atoms with E-state index in [0.29, 0.717) is 23.9 Å². The quantitative estimate of drug-likeness (QED) is 0.0217. The summed E-state index contributed by atoms with van der Waals surface area (Å²) in [6.45, 7) is 3.97. The van der Waals surface area contributed by atoms with E-state index in [2.05, 4.69) is 74.6 Å². The maximum absolute atomic E-state index is 12.6. The molecule has 0 aromatic rings. The molecule has 0 aliphatic carbocycles. The molecule has 0 aromatic heterocycles. The molecule has 0 radical (unpaired) electrons. The predicted molar refractivity (Wildman–Crippen MR) is 203 cm³/mol. The first kappa shape index (κ1) is 47.7. The minimum Gasteiger partial charge on any atom is -0.756 e. The van der Waals surface area contributed by atoms with E-state index in [1.54, 1.807) is 0 Å². The Morgan fingerprint density at radius 3 is 1.76 bits per heavy atom. The highest BCUT2D eigenvalue weighted by Gasteiger charge is 2.21. The van der Waals surface area contributed by atoms with Crippen molar-refractivity contribution in [3.8, 4) is 0 Å². The molecule has 0 N–H and O–H groups in total. The summed E-state index contributed by atoms with van der Waals surface area (Å²) in [5, 5.41) is 0. The Hall–Kier alpha value is -2.29. The average molecular weight is 724 g/mol. The number of hydrogen-bond donors (Lipinski definition) is 0. The van der Waals surface area contributed by atoms with E-state index in [1.807, 2.05) is 21.1 Å². The van der Waals surface area contributed by atoms with Crippen molar-refractivity contribution in [3.05, 3.63) is 60.8 Å². The summed E-state index contributed by atoms with van der Waals surface area (Å²) >= 11 is 0. The molecule has 0 amide bonds. The van der Waals surface area contributed by atoms with E-state index in [0.717, 1.165) is 77.0 Å². The number of likely N-dealkylation sites (N-methyl/N-ethyl adjacent to an activating group) is 1. The second-order valence-electron chi connectivity index (χ2n) is 13.6. The maximum atomic E-state index is 12.6. The molecule has 10 heteroatoms. The zero-order valence-electron chi connectivity index (χ0n) is 32.1. The highest BCUT2D eigenvalue weighted by atomic mass is 31.2. The van der Waals surface area contributed by atoms with Gasteiger partial charge in [-0.25, -0.2) is 0 Å². The number of phosphoric ester groups is 1. The number of carbonyl (C=O) groups is 2. The normalized spacial score (nSPS) is 14.4. The van der Waals surface area contributed by atoms with Crippen LogP contribution in [-0.4, -0.2) is 70.0 Å². The van der Waals surface area contributed by atoms with E-state index in [4.69, 9.17) is 18.5 Å². The number of phosphoric acid groups is 1. The van der Waals surface area contributed by atoms with Crippen LogP contribution in [-0.2, 0) is 32.7 Å². The highest BCUT2D eigenvalue weighted by Crippen LogP contribution is 2.38. The van der Waals surface area contributed by atoms with E-state index < -0.39 is 32.5 Å². The summed E-state index contributed by atoms with van der Waals surface area (Å²) < 4.78 is 33.7. The highest BCUT2D eigenvalue weighted by molar-refractivity contribution is 7.45. The maximum Gasteiger partial charge on any atom is 0.306 e. The fourth-order valence-electron chi connectivity index (χ4n) is 4.51. The number of quaternary nitrogens is 1. The number of hydrogen-bond acceptors (Lipinski definition) is 8. The number of esters is 2. The van der Waals surface area contributed by atoms with Gasteiger partial charge in [-0.3, -0.25) is 14.2 Å². The first-order valence-electron chi connectivity index (χ1n) is 19.0. The molecule has 0 saturated heterocycles. The second-order valence-corrected chi connectivity index (χ2v) is 15.0. The lowest BCUT2D eigenvalue weighted by Crippen LogP contribution is -2.37. The van der Waals surface area contributed by atoms with Crippen LogP contribution in [0.25, 0.3) is 0 Å². The molecule has 0 aliphatic heterocycles. The van der Waals surface area contributed by atoms with Gasteiger partial charge < -0.3 is 27.9 Å². The van der Waals surface area contributed by atoms with E-state index in [1.165, 1.54) is 12.8 Å². The van der Waals surface area contributed by atoms with Crippen molar-refractivity contribution < 1.29 is 42.1 Å². The summed E-state index contributed by atoms with van der Waals surface area (Å²) in [5.41, 5.74) is 0. The van der Waals surface area contributed by atoms with Gasteiger partial charge in [-0.1, -0.05) is 107 Å². The molecule has 2 atom stereocenters. The van der Waals surface area contributed by atoms with Crippen molar-refractivity contribution in [2.75, 3.05) is 47.5 Å². The summed E-state index contributed by atoms with van der Waals surface area (Å²) in [4.78, 5) is 37.3. The predicted octanol–water partition coefficient (Wildman–Crippen LogP) is 9.49. The molecule has 288 valence electrons. The van der Waals surface area contributed by atoms with Gasteiger partial charge in [0.2, 0.25) is 0 Å². The first-order chi connectivity index (χ1) is 24.0. The first-order valence-corrected chi connectivity index (χ1v) is 20.5. The Morgan fingerprint density at radius 1 is 0.640 bits per heavy atom. The third-order valence-electron chi connectivity index (χ3n) is 7.52. The third-order valence-corrected chi connectivity index (χ3v) is 8.49. The van der Waals surface area contributed by atoms with Gasteiger partial charge in [0.25, 0.3) is 7.82 Å². The van der Waals surface area contributed by atoms with Crippen LogP contribution in [0.3, 0.4) is 0 Å². The second kappa shape index (κ2) is 32.6. The van der Waals surface area contributed by atoms with Crippen LogP contribution in [0.1, 0.15) is 129 Å². The summed E-state index contributed by atoms with van der Waals surface area (Å²) in [5.74, 6) is -0.904. The van der Waals surface area contributed by atoms with E-state index in [-0.39, 0.29) is 26.1 Å². The van der Waals surface area contributed by atoms with Crippen molar-refractivity contribution in [2.24, 2.45) is 0 Å². The third kappa shape index (κ3) is 35.5. The molecule has 0 fully saturated rings. The molecule has 9 nitrogen and oxygen atoms in total. The van der Waals surface area contributed by atoms with Crippen LogP contribution >= 0.6 is 7.82 Å². The number of ether oxygens (including phenoxy) is 2. The smallest absolute Gasteiger partial charge is 0.306 e. The molecular weight excluding hydrogens is 653 g/mol. The lowest BCUT2D eigenvalue weighted by molar-refractivity contribution is -0.870. The van der Waals surface area contributed by atoms with E-state index in [9.17, 15) is 19.0 Å². The lowest BCUT2D eigenvalue weighted by atomic mass is 10.1. The summed E-state index contributed by atoms with van der Waals surface area (Å²) in [6.07, 6.45) is 36.8. The van der Waals surface area contributed by atoms with Crippen LogP contribution in [0.5, 0.6) is 0 Å². The van der Waals surface area contributed by atoms with Crippen LogP contribution in [0.15, 0.2) is 60.8 Å². The Kier molecular flexibility index (Phi) is 31.1. The van der Waals surface area contributed by atoms with Crippen LogP contribution in [0, 0.1) is 0 Å². The monoisotopic (exact) mass is 723 g/mol. The Balaban J connectivity index is 4.53. The van der Waals surface area contributed by atoms with Gasteiger partial charge in [0, 0.05) is 12.8 Å². The van der Waals surface area contributed by atoms with Gasteiger partial charge in [0.1, 0.15) is 19.8 Å². The molecule has 0 heterocycles. The zero-order chi connectivity index (χ0) is 37.2. The number of carbonyl (C=O) groups excluding carboxylic acids is 2. The number of unbranched alkanes of at least 4 members (excludes halogenated alkanes) is 9. The van der Waals surface area contributed by atoms with Crippen LogP contribution in [0.4, 0.5) is 0 Å². The molecule has 0 spiro atoms. The van der Waals surface area contributed by atoms with Crippen LogP contribution < -0.4 is 4.89 Å². The van der Waals surface area contributed by atoms with Gasteiger partial charge >= 0.3 is 11.9 Å². The lowest BCUT2D eigenvalue weighted by Gasteiger charge is -2.28. The largest absolute Gasteiger partial charge is 0.756 e. The molecule has 0 aromatic carbocycles. The minimum atomic E-state index is -4.63. The molecular formula is C40H70NO8P. The molecule has 1 unspecified atom stereocenters. The van der Waals surface area contributed by atoms with E-state index >= 15 is 0 Å². The van der Waals surface area contributed by atoms with Gasteiger partial charge in [0.05, 0.1) is 27.7 Å². The topological polar surface area (TPSA) is 111 Å². The summed E-state index contributed by atoms with van der Waals surface area (Å²) in [7, 11) is 1.12. The number of rotatable bonds is 33. The van der Waals surface area contributed by atoms with Crippen molar-refractivity contribution >= 4 is 19.8 Å². The van der Waals surface area contributed by atoms with Gasteiger partial charge in [-0.05, 0) is 70.6 Å². The summed E-state index contributed by atoms with van der Waals surface area (Å²) in [6, 6.07) is 0. The van der Waals surface area contributed by atoms with Gasteiger partial charge in [0.15, 0.2) is 6.10 Å². The number of allylic oxidation sites excluding steroid dienone is 10. The Morgan fingerprint density at radius 2 is 1.14 bits per heavy atom.